The summed E-state index contributed by atoms with van der Waals surface area (Å²) >= 11 is 2.88. The average molecular weight is 466 g/mol. The predicted molar refractivity (Wildman–Crippen MR) is 127 cm³/mol. The Morgan fingerprint density at radius 3 is 2.47 bits per heavy atom. The molecule has 0 saturated carbocycles. The van der Waals surface area contributed by atoms with Crippen LogP contribution in [0.15, 0.2) is 70.0 Å². The molecule has 1 aromatic carbocycles. The van der Waals surface area contributed by atoms with E-state index in [1.807, 2.05) is 17.5 Å². The van der Waals surface area contributed by atoms with Gasteiger partial charge in [0.05, 0.1) is 24.4 Å². The first-order valence-electron chi connectivity index (χ1n) is 10.2. The number of aromatic nitrogens is 1. The van der Waals surface area contributed by atoms with Crippen molar-refractivity contribution in [2.45, 2.75) is 32.2 Å². The van der Waals surface area contributed by atoms with E-state index < -0.39 is 0 Å². The van der Waals surface area contributed by atoms with Crippen LogP contribution in [0.3, 0.4) is 0 Å². The van der Waals surface area contributed by atoms with Gasteiger partial charge in [-0.1, -0.05) is 44.2 Å². The second-order valence-electron chi connectivity index (χ2n) is 7.59. The highest BCUT2D eigenvalue weighted by molar-refractivity contribution is 7.14. The van der Waals surface area contributed by atoms with Crippen LogP contribution in [-0.4, -0.2) is 16.8 Å². The zero-order valence-electron chi connectivity index (χ0n) is 17.7. The van der Waals surface area contributed by atoms with Crippen molar-refractivity contribution in [3.05, 3.63) is 93.0 Å². The zero-order valence-corrected chi connectivity index (χ0v) is 19.3. The van der Waals surface area contributed by atoms with E-state index in [0.29, 0.717) is 16.7 Å². The lowest BCUT2D eigenvalue weighted by atomic mass is 9.98. The number of amides is 2. The maximum Gasteiger partial charge on any atom is 0.293 e. The van der Waals surface area contributed by atoms with Crippen molar-refractivity contribution in [3.63, 3.8) is 0 Å². The molecular weight excluding hydrogens is 442 g/mol. The minimum Gasteiger partial charge on any atom is -0.459 e. The molecule has 0 aliphatic carbocycles. The molecule has 4 aromatic rings. The minimum atomic E-state index is -0.372. The highest BCUT2D eigenvalue weighted by atomic mass is 32.1. The molecule has 8 heteroatoms. The summed E-state index contributed by atoms with van der Waals surface area (Å²) in [4.78, 5) is 30.4. The first kappa shape index (κ1) is 22.0. The third-order valence-electron chi connectivity index (χ3n) is 4.93. The average Bonchev–Trinajstić information content (AvgIpc) is 3.55. The van der Waals surface area contributed by atoms with Gasteiger partial charge < -0.3 is 9.73 Å². The van der Waals surface area contributed by atoms with Crippen LogP contribution < -0.4 is 10.6 Å². The van der Waals surface area contributed by atoms with Crippen LogP contribution in [0, 0.1) is 0 Å². The van der Waals surface area contributed by atoms with Crippen LogP contribution in [0.2, 0.25) is 0 Å². The smallest absolute Gasteiger partial charge is 0.293 e. The van der Waals surface area contributed by atoms with Gasteiger partial charge in [0.25, 0.3) is 5.91 Å². The van der Waals surface area contributed by atoms with E-state index >= 15 is 0 Å². The minimum absolute atomic E-state index is 0.124. The molecule has 164 valence electrons. The number of thiazole rings is 1. The summed E-state index contributed by atoms with van der Waals surface area (Å²) in [5.74, 6) is 0.154. The molecular formula is C24H23N3O3S2. The number of carbonyl (C=O) groups excluding carboxylic acids is 2. The summed E-state index contributed by atoms with van der Waals surface area (Å²) < 4.78 is 5.08. The molecule has 1 atom stereocenters. The Labute approximate surface area is 194 Å². The van der Waals surface area contributed by atoms with Crippen LogP contribution >= 0.6 is 22.7 Å². The largest absolute Gasteiger partial charge is 0.459 e. The molecule has 0 fully saturated rings. The first-order chi connectivity index (χ1) is 15.5. The van der Waals surface area contributed by atoms with Gasteiger partial charge >= 0.3 is 0 Å². The van der Waals surface area contributed by atoms with Crippen molar-refractivity contribution in [1.29, 1.82) is 0 Å². The van der Waals surface area contributed by atoms with Crippen molar-refractivity contribution >= 4 is 39.6 Å². The number of nitrogens with zero attached hydrogens (tertiary/aromatic N) is 1. The number of rotatable bonds is 8. The van der Waals surface area contributed by atoms with E-state index in [-0.39, 0.29) is 30.0 Å². The molecule has 0 spiro atoms. The lowest BCUT2D eigenvalue weighted by molar-refractivity contribution is -0.121. The second kappa shape index (κ2) is 9.93. The number of benzene rings is 1. The van der Waals surface area contributed by atoms with E-state index in [4.69, 9.17) is 4.42 Å². The fourth-order valence-electron chi connectivity index (χ4n) is 3.24. The van der Waals surface area contributed by atoms with Gasteiger partial charge in [0.15, 0.2) is 10.9 Å². The Bertz CT molecular complexity index is 1160. The number of furan rings is 1. The Morgan fingerprint density at radius 2 is 1.81 bits per heavy atom. The molecule has 2 N–H and O–H groups in total. The third kappa shape index (κ3) is 5.33. The highest BCUT2D eigenvalue weighted by Crippen LogP contribution is 2.28. The van der Waals surface area contributed by atoms with Gasteiger partial charge in [0, 0.05) is 10.3 Å². The Morgan fingerprint density at radius 1 is 1.03 bits per heavy atom. The van der Waals surface area contributed by atoms with Gasteiger partial charge in [-0.15, -0.1) is 22.7 Å². The van der Waals surface area contributed by atoms with E-state index in [0.717, 1.165) is 10.4 Å². The SMILES string of the molecule is CC(C)c1ccc(C(NC(=O)Cc2csc(NC(=O)c3ccco3)n2)c2cccs2)cc1. The van der Waals surface area contributed by atoms with Gasteiger partial charge in [0.1, 0.15) is 0 Å². The molecule has 0 saturated heterocycles. The molecule has 0 aliphatic rings. The molecule has 1 unspecified atom stereocenters. The van der Waals surface area contributed by atoms with Gasteiger partial charge in [-0.2, -0.15) is 0 Å². The van der Waals surface area contributed by atoms with Crippen LogP contribution in [0.4, 0.5) is 5.13 Å². The standard InChI is InChI=1S/C24H23N3O3S2/c1-15(2)16-7-9-17(10-8-16)22(20-6-4-12-31-20)26-21(28)13-18-14-32-24(25-18)27-23(29)19-5-3-11-30-19/h3-12,14-15,22H,13H2,1-2H3,(H,26,28)(H,25,27,29). The Kier molecular flexibility index (Phi) is 6.82. The lowest BCUT2D eigenvalue weighted by Crippen LogP contribution is -2.30. The van der Waals surface area contributed by atoms with Crippen molar-refractivity contribution < 1.29 is 14.0 Å². The number of nitrogens with one attached hydrogen (secondary N) is 2. The van der Waals surface area contributed by atoms with Gasteiger partial charge in [0.2, 0.25) is 5.91 Å². The quantitative estimate of drug-likeness (QED) is 0.354. The summed E-state index contributed by atoms with van der Waals surface area (Å²) in [5.41, 5.74) is 2.90. The molecule has 3 aromatic heterocycles. The predicted octanol–water partition coefficient (Wildman–Crippen LogP) is 5.62. The van der Waals surface area contributed by atoms with Crippen LogP contribution in [0.5, 0.6) is 0 Å². The summed E-state index contributed by atoms with van der Waals surface area (Å²) in [6, 6.07) is 15.4. The third-order valence-corrected chi connectivity index (χ3v) is 6.67. The van der Waals surface area contributed by atoms with E-state index in [1.54, 1.807) is 28.8 Å². The van der Waals surface area contributed by atoms with Crippen molar-refractivity contribution in [3.8, 4) is 0 Å². The highest BCUT2D eigenvalue weighted by Gasteiger charge is 2.19. The van der Waals surface area contributed by atoms with Crippen LogP contribution in [0.1, 0.15) is 58.1 Å². The van der Waals surface area contributed by atoms with Crippen molar-refractivity contribution in [2.24, 2.45) is 0 Å². The number of anilines is 1. The van der Waals surface area contributed by atoms with Gasteiger partial charge in [-0.25, -0.2) is 4.98 Å². The molecule has 3 heterocycles. The van der Waals surface area contributed by atoms with Crippen LogP contribution in [-0.2, 0) is 11.2 Å². The lowest BCUT2D eigenvalue weighted by Gasteiger charge is -2.19. The fourth-order valence-corrected chi connectivity index (χ4v) is 4.74. The second-order valence-corrected chi connectivity index (χ2v) is 9.43. The topological polar surface area (TPSA) is 84.2 Å². The Hall–Kier alpha value is -3.23. The maximum atomic E-state index is 12.8. The molecule has 6 nitrogen and oxygen atoms in total. The number of carbonyl (C=O) groups is 2. The van der Waals surface area contributed by atoms with Crippen molar-refractivity contribution in [2.75, 3.05) is 5.32 Å². The normalized spacial score (nSPS) is 12.0. The summed E-state index contributed by atoms with van der Waals surface area (Å²) in [6.45, 7) is 4.32. The molecule has 2 amide bonds. The molecule has 0 bridgehead atoms. The molecule has 0 aliphatic heterocycles. The number of hydrogen-bond acceptors (Lipinski definition) is 6. The summed E-state index contributed by atoms with van der Waals surface area (Å²) in [6.07, 6.45) is 1.56. The first-order valence-corrected chi connectivity index (χ1v) is 12.0. The maximum absolute atomic E-state index is 12.8. The molecule has 32 heavy (non-hydrogen) atoms. The van der Waals surface area contributed by atoms with E-state index in [2.05, 4.69) is 53.7 Å². The number of hydrogen-bond donors (Lipinski definition) is 2. The molecule has 4 rings (SSSR count). The van der Waals surface area contributed by atoms with Crippen LogP contribution in [0.25, 0.3) is 0 Å². The molecule has 0 radical (unpaired) electrons. The Balaban J connectivity index is 1.43. The summed E-state index contributed by atoms with van der Waals surface area (Å²) in [5, 5.41) is 10.0. The summed E-state index contributed by atoms with van der Waals surface area (Å²) in [7, 11) is 0. The zero-order chi connectivity index (χ0) is 22.5. The van der Waals surface area contributed by atoms with E-state index in [9.17, 15) is 9.59 Å². The monoisotopic (exact) mass is 465 g/mol. The fraction of sp³-hybridized carbons (Fsp3) is 0.208. The van der Waals surface area contributed by atoms with Gasteiger partial charge in [-0.3, -0.25) is 14.9 Å². The van der Waals surface area contributed by atoms with Gasteiger partial charge in [-0.05, 0) is 40.6 Å². The van der Waals surface area contributed by atoms with Crippen molar-refractivity contribution in [1.82, 2.24) is 10.3 Å². The van der Waals surface area contributed by atoms with E-state index in [1.165, 1.54) is 23.2 Å². The number of thiophene rings is 1.